The zero-order valence-electron chi connectivity index (χ0n) is 11.2. The van der Waals surface area contributed by atoms with Crippen LogP contribution < -0.4 is 0 Å². The zero-order chi connectivity index (χ0) is 11.2. The molecule has 1 heteroatoms. The van der Waals surface area contributed by atoms with Crippen molar-refractivity contribution in [3.63, 3.8) is 0 Å². The molecule has 0 nitrogen and oxygen atoms in total. The van der Waals surface area contributed by atoms with Crippen molar-refractivity contribution in [1.29, 1.82) is 0 Å². The summed E-state index contributed by atoms with van der Waals surface area (Å²) < 4.78 is 0. The van der Waals surface area contributed by atoms with Crippen LogP contribution in [0.2, 0.25) is 18.0 Å². The predicted molar refractivity (Wildman–Crippen MR) is 74.7 cm³/mol. The summed E-state index contributed by atoms with van der Waals surface area (Å²) in [5, 5.41) is 0. The van der Waals surface area contributed by atoms with Crippen molar-refractivity contribution in [3.8, 4) is 0 Å². The number of hydrogen-bond acceptors (Lipinski definition) is 0. The third-order valence-corrected chi connectivity index (χ3v) is 6.97. The van der Waals surface area contributed by atoms with Crippen LogP contribution in [0.15, 0.2) is 0 Å². The van der Waals surface area contributed by atoms with Gasteiger partial charge in [-0.1, -0.05) is 62.9 Å². The van der Waals surface area contributed by atoms with Gasteiger partial charge in [-0.25, -0.2) is 0 Å². The molecule has 2 heterocycles. The fraction of sp³-hybridized carbons (Fsp3) is 1.00. The van der Waals surface area contributed by atoms with Gasteiger partial charge in [0.15, 0.2) is 0 Å². The van der Waals surface area contributed by atoms with Gasteiger partial charge < -0.3 is 0 Å². The van der Waals surface area contributed by atoms with Crippen molar-refractivity contribution in [2.45, 2.75) is 82.2 Å². The monoisotopic (exact) mass is 230 g/mol. The maximum atomic E-state index is 1.65. The Morgan fingerprint density at radius 1 is 0.765 bits per heavy atom. The van der Waals surface area contributed by atoms with Gasteiger partial charge in [-0.3, -0.25) is 0 Å². The van der Waals surface area contributed by atoms with E-state index in [0.29, 0.717) is 0 Å². The van der Waals surface area contributed by atoms with Gasteiger partial charge >= 0.3 is 0 Å². The minimum Gasteiger partial charge on any atom is -0.0706 e. The quantitative estimate of drug-likeness (QED) is 0.584. The Bertz CT molecular complexity index is 265. The summed E-state index contributed by atoms with van der Waals surface area (Å²) in [6.45, 7) is 1.17. The van der Waals surface area contributed by atoms with E-state index in [-0.39, 0.29) is 0 Å². The molecule has 4 rings (SSSR count). The van der Waals surface area contributed by atoms with Crippen LogP contribution in [0.25, 0.3) is 0 Å². The fourth-order valence-corrected chi connectivity index (χ4v) is 6.21. The summed E-state index contributed by atoms with van der Waals surface area (Å²) in [5.41, 5.74) is 0. The zero-order valence-corrected chi connectivity index (χ0v) is 11.2. The Labute approximate surface area is 107 Å². The van der Waals surface area contributed by atoms with Gasteiger partial charge in [-0.2, -0.15) is 0 Å². The SMILES string of the molecule is C1CC2CCCC(C1)B2C[C@H]1C[C@H]2CC[C@@H]1C2. The number of fused-ring (bicyclic) bond motifs is 4. The average Bonchev–Trinajstić information content (AvgIpc) is 2.90. The highest BCUT2D eigenvalue weighted by Crippen LogP contribution is 2.54. The van der Waals surface area contributed by atoms with E-state index in [1.165, 1.54) is 18.5 Å². The van der Waals surface area contributed by atoms with Crippen molar-refractivity contribution < 1.29 is 0 Å². The van der Waals surface area contributed by atoms with E-state index in [1.54, 1.807) is 70.5 Å². The van der Waals surface area contributed by atoms with E-state index in [1.807, 2.05) is 0 Å². The third kappa shape index (κ3) is 1.88. The molecule has 0 N–H and O–H groups in total. The molecule has 0 radical (unpaired) electrons. The van der Waals surface area contributed by atoms with Gasteiger partial charge in [0, 0.05) is 0 Å². The van der Waals surface area contributed by atoms with Crippen LogP contribution >= 0.6 is 0 Å². The predicted octanol–water partition coefficient (Wildman–Crippen LogP) is 5.03. The molecule has 2 aliphatic heterocycles. The Hall–Kier alpha value is 0.0649. The first-order valence-corrected chi connectivity index (χ1v) is 8.40. The Morgan fingerprint density at radius 2 is 1.47 bits per heavy atom. The van der Waals surface area contributed by atoms with Crippen LogP contribution in [0, 0.1) is 17.8 Å². The molecule has 4 bridgehead atoms. The van der Waals surface area contributed by atoms with Crippen molar-refractivity contribution in [2.75, 3.05) is 0 Å². The lowest BCUT2D eigenvalue weighted by Crippen LogP contribution is -2.36. The van der Waals surface area contributed by atoms with Gasteiger partial charge in [-0.15, -0.1) is 0 Å². The van der Waals surface area contributed by atoms with Crippen LogP contribution in [-0.2, 0) is 0 Å². The summed E-state index contributed by atoms with van der Waals surface area (Å²) in [7, 11) is 0. The van der Waals surface area contributed by atoms with Crippen LogP contribution in [-0.4, -0.2) is 6.71 Å². The highest BCUT2D eigenvalue weighted by atomic mass is 14.4. The lowest BCUT2D eigenvalue weighted by Gasteiger charge is -2.42. The Morgan fingerprint density at radius 3 is 2.00 bits per heavy atom. The fourth-order valence-electron chi connectivity index (χ4n) is 6.21. The largest absolute Gasteiger partial charge is 0.146 e. The normalized spacial score (nSPS) is 48.7. The minimum absolute atomic E-state index is 1.15. The van der Waals surface area contributed by atoms with Crippen LogP contribution in [0.1, 0.15) is 64.2 Å². The number of rotatable bonds is 2. The van der Waals surface area contributed by atoms with E-state index >= 15 is 0 Å². The van der Waals surface area contributed by atoms with Crippen molar-refractivity contribution in [3.05, 3.63) is 0 Å². The molecule has 0 unspecified atom stereocenters. The second-order valence-corrected chi connectivity index (χ2v) is 7.72. The highest BCUT2D eigenvalue weighted by Gasteiger charge is 2.45. The molecule has 0 aromatic heterocycles. The molecule has 0 aromatic rings. The molecule has 0 aromatic carbocycles. The third-order valence-electron chi connectivity index (χ3n) is 6.97. The van der Waals surface area contributed by atoms with Gasteiger partial charge in [0.05, 0.1) is 0 Å². The minimum atomic E-state index is 1.15. The maximum Gasteiger partial charge on any atom is 0.146 e. The summed E-state index contributed by atoms with van der Waals surface area (Å²) >= 11 is 0. The summed E-state index contributed by atoms with van der Waals surface area (Å²) in [6.07, 6.45) is 17.5. The molecular formula is C16H27B. The van der Waals surface area contributed by atoms with Crippen LogP contribution in [0.4, 0.5) is 0 Å². The molecule has 17 heavy (non-hydrogen) atoms. The van der Waals surface area contributed by atoms with E-state index in [4.69, 9.17) is 0 Å². The Balaban J connectivity index is 1.44. The van der Waals surface area contributed by atoms with Crippen LogP contribution in [0.3, 0.4) is 0 Å². The van der Waals surface area contributed by atoms with Crippen molar-refractivity contribution in [1.82, 2.24) is 0 Å². The molecule has 94 valence electrons. The van der Waals surface area contributed by atoms with E-state index in [2.05, 4.69) is 0 Å². The molecular weight excluding hydrogens is 203 g/mol. The lowest BCUT2D eigenvalue weighted by atomic mass is 9.25. The molecule has 4 fully saturated rings. The first-order valence-electron chi connectivity index (χ1n) is 8.40. The topological polar surface area (TPSA) is 0 Å². The van der Waals surface area contributed by atoms with Crippen molar-refractivity contribution >= 4 is 6.71 Å². The van der Waals surface area contributed by atoms with Gasteiger partial charge in [-0.05, 0) is 37.0 Å². The van der Waals surface area contributed by atoms with Gasteiger partial charge in [0.2, 0.25) is 0 Å². The molecule has 0 spiro atoms. The molecule has 3 atom stereocenters. The molecule has 2 saturated heterocycles. The van der Waals surface area contributed by atoms with Crippen LogP contribution in [0.5, 0.6) is 0 Å². The smallest absolute Gasteiger partial charge is 0.0706 e. The Kier molecular flexibility index (Phi) is 2.78. The van der Waals surface area contributed by atoms with Gasteiger partial charge in [0.25, 0.3) is 0 Å². The second-order valence-electron chi connectivity index (χ2n) is 7.72. The van der Waals surface area contributed by atoms with Crippen molar-refractivity contribution in [2.24, 2.45) is 17.8 Å². The summed E-state index contributed by atoms with van der Waals surface area (Å²) in [6, 6.07) is 0. The first kappa shape index (κ1) is 10.9. The summed E-state index contributed by atoms with van der Waals surface area (Å²) in [5.74, 6) is 5.80. The molecule has 2 aliphatic carbocycles. The number of hydrogen-bond donors (Lipinski definition) is 0. The standard InChI is InChI=1S/C16H27B/c1-3-15-5-2-6-16(4-1)17(15)11-14-10-12-7-8-13(14)9-12/h12-16H,1-11H2/t12-,13+,14+,15?,16?/m0/s1. The lowest BCUT2D eigenvalue weighted by molar-refractivity contribution is 0.347. The highest BCUT2D eigenvalue weighted by molar-refractivity contribution is 6.62. The maximum absolute atomic E-state index is 1.65. The van der Waals surface area contributed by atoms with Gasteiger partial charge in [0.1, 0.15) is 6.71 Å². The molecule has 4 aliphatic rings. The second kappa shape index (κ2) is 4.32. The molecule has 2 saturated carbocycles. The van der Waals surface area contributed by atoms with E-state index < -0.39 is 0 Å². The van der Waals surface area contributed by atoms with E-state index in [9.17, 15) is 0 Å². The molecule has 0 amide bonds. The first-order chi connectivity index (χ1) is 8.40. The van der Waals surface area contributed by atoms with E-state index in [0.717, 1.165) is 17.6 Å². The summed E-state index contributed by atoms with van der Waals surface area (Å²) in [4.78, 5) is 0. The average molecular weight is 230 g/mol.